The molecule has 19 heavy (non-hydrogen) atoms. The van der Waals surface area contributed by atoms with Gasteiger partial charge in [-0.05, 0) is 45.2 Å². The highest BCUT2D eigenvalue weighted by Crippen LogP contribution is 2.35. The van der Waals surface area contributed by atoms with Gasteiger partial charge in [-0.3, -0.25) is 0 Å². The van der Waals surface area contributed by atoms with E-state index in [1.807, 2.05) is 0 Å². The van der Waals surface area contributed by atoms with Crippen LogP contribution in [0.15, 0.2) is 18.2 Å². The molecule has 1 aromatic rings. The summed E-state index contributed by atoms with van der Waals surface area (Å²) < 4.78 is 5.59. The van der Waals surface area contributed by atoms with Crippen molar-refractivity contribution in [3.05, 3.63) is 34.9 Å². The lowest BCUT2D eigenvalue weighted by molar-refractivity contribution is 0.0499. The summed E-state index contributed by atoms with van der Waals surface area (Å²) in [7, 11) is 0. The van der Waals surface area contributed by atoms with Crippen molar-refractivity contribution in [3.63, 3.8) is 0 Å². The second kappa shape index (κ2) is 6.53. The minimum Gasteiger partial charge on any atom is -0.381 e. The van der Waals surface area contributed by atoms with E-state index in [1.54, 1.807) is 0 Å². The fraction of sp³-hybridized carbons (Fsp3) is 0.647. The van der Waals surface area contributed by atoms with Gasteiger partial charge in [-0.15, -0.1) is 0 Å². The Balaban J connectivity index is 2.24. The molecule has 1 N–H and O–H groups in total. The highest BCUT2D eigenvalue weighted by Gasteiger charge is 2.34. The van der Waals surface area contributed by atoms with Crippen molar-refractivity contribution in [2.75, 3.05) is 26.3 Å². The molecular weight excluding hydrogens is 234 g/mol. The Morgan fingerprint density at radius 2 is 1.74 bits per heavy atom. The number of benzene rings is 1. The number of hydrogen-bond donors (Lipinski definition) is 1. The van der Waals surface area contributed by atoms with Gasteiger partial charge in [0.15, 0.2) is 0 Å². The van der Waals surface area contributed by atoms with Gasteiger partial charge in [-0.2, -0.15) is 0 Å². The third-order valence-corrected chi connectivity index (χ3v) is 4.17. The Kier molecular flexibility index (Phi) is 5.00. The summed E-state index contributed by atoms with van der Waals surface area (Å²) in [6, 6.07) is 6.99. The van der Waals surface area contributed by atoms with Gasteiger partial charge in [0, 0.05) is 25.2 Å². The van der Waals surface area contributed by atoms with E-state index in [0.717, 1.165) is 39.1 Å². The molecule has 106 valence electrons. The molecule has 0 saturated carbocycles. The van der Waals surface area contributed by atoms with Gasteiger partial charge in [0.2, 0.25) is 0 Å². The second-order valence-electron chi connectivity index (χ2n) is 5.95. The van der Waals surface area contributed by atoms with E-state index < -0.39 is 0 Å². The molecule has 0 amide bonds. The molecule has 0 spiro atoms. The maximum atomic E-state index is 5.59. The first-order valence-corrected chi connectivity index (χ1v) is 7.53. The lowest BCUT2D eigenvalue weighted by Crippen LogP contribution is -2.43. The normalized spacial score (nSPS) is 18.5. The van der Waals surface area contributed by atoms with Crippen molar-refractivity contribution in [1.82, 2.24) is 5.32 Å². The zero-order valence-corrected chi connectivity index (χ0v) is 12.6. The fourth-order valence-corrected chi connectivity index (χ4v) is 3.11. The van der Waals surface area contributed by atoms with Crippen LogP contribution in [-0.4, -0.2) is 26.3 Å². The molecule has 0 atom stereocenters. The van der Waals surface area contributed by atoms with Crippen LogP contribution in [0.1, 0.15) is 42.9 Å². The smallest absolute Gasteiger partial charge is 0.0475 e. The maximum Gasteiger partial charge on any atom is 0.0475 e. The van der Waals surface area contributed by atoms with Crippen LogP contribution in [-0.2, 0) is 10.2 Å². The molecular formula is C17H27NO. The van der Waals surface area contributed by atoms with E-state index in [9.17, 15) is 0 Å². The second-order valence-corrected chi connectivity index (χ2v) is 5.95. The van der Waals surface area contributed by atoms with Crippen LogP contribution in [0.3, 0.4) is 0 Å². The predicted molar refractivity (Wildman–Crippen MR) is 80.8 cm³/mol. The van der Waals surface area contributed by atoms with Gasteiger partial charge >= 0.3 is 0 Å². The molecule has 2 rings (SSSR count). The van der Waals surface area contributed by atoms with Gasteiger partial charge in [-0.25, -0.2) is 0 Å². The molecule has 0 radical (unpaired) electrons. The Bertz CT molecular complexity index is 387. The molecule has 1 heterocycles. The summed E-state index contributed by atoms with van der Waals surface area (Å²) in [4.78, 5) is 0. The Morgan fingerprint density at radius 3 is 2.32 bits per heavy atom. The third-order valence-electron chi connectivity index (χ3n) is 4.17. The summed E-state index contributed by atoms with van der Waals surface area (Å²) in [5.41, 5.74) is 4.51. The van der Waals surface area contributed by atoms with Gasteiger partial charge in [0.25, 0.3) is 0 Å². The van der Waals surface area contributed by atoms with Gasteiger partial charge < -0.3 is 10.1 Å². The maximum absolute atomic E-state index is 5.59. The molecule has 0 aliphatic carbocycles. The summed E-state index contributed by atoms with van der Waals surface area (Å²) in [6.07, 6.45) is 3.46. The van der Waals surface area contributed by atoms with Gasteiger partial charge in [0.1, 0.15) is 0 Å². The highest BCUT2D eigenvalue weighted by molar-refractivity contribution is 5.35. The zero-order chi connectivity index (χ0) is 13.7. The summed E-state index contributed by atoms with van der Waals surface area (Å²) in [5.74, 6) is 0. The monoisotopic (exact) mass is 261 g/mol. The van der Waals surface area contributed by atoms with Crippen LogP contribution in [0.25, 0.3) is 0 Å². The Labute approximate surface area is 117 Å². The number of rotatable bonds is 5. The standard InChI is InChI=1S/C17H27NO/c1-4-7-18-13-17(5-8-19-9-6-17)16-11-14(2)10-15(3)12-16/h10-12,18H,4-9,13H2,1-3H3. The zero-order valence-electron chi connectivity index (χ0n) is 12.6. The summed E-state index contributed by atoms with van der Waals surface area (Å²) in [6.45, 7) is 10.6. The molecule has 1 fully saturated rings. The van der Waals surface area contributed by atoms with Crippen molar-refractivity contribution in [2.24, 2.45) is 0 Å². The van der Waals surface area contributed by atoms with Crippen LogP contribution < -0.4 is 5.32 Å². The molecule has 0 aromatic heterocycles. The molecule has 1 aliphatic rings. The Morgan fingerprint density at radius 1 is 1.11 bits per heavy atom. The molecule has 1 aliphatic heterocycles. The average molecular weight is 261 g/mol. The lowest BCUT2D eigenvalue weighted by atomic mass is 9.73. The van der Waals surface area contributed by atoms with Crippen LogP contribution >= 0.6 is 0 Å². The average Bonchev–Trinajstić information content (AvgIpc) is 2.39. The van der Waals surface area contributed by atoms with E-state index in [-0.39, 0.29) is 5.41 Å². The van der Waals surface area contributed by atoms with Crippen LogP contribution in [0, 0.1) is 13.8 Å². The number of nitrogens with one attached hydrogen (secondary N) is 1. The minimum atomic E-state index is 0.268. The Hall–Kier alpha value is -0.860. The van der Waals surface area contributed by atoms with E-state index in [0.29, 0.717) is 0 Å². The number of ether oxygens (including phenoxy) is 1. The van der Waals surface area contributed by atoms with Crippen LogP contribution in [0.5, 0.6) is 0 Å². The first kappa shape index (κ1) is 14.5. The SMILES string of the molecule is CCCNCC1(c2cc(C)cc(C)c2)CCOCC1. The first-order chi connectivity index (χ1) is 9.16. The van der Waals surface area contributed by atoms with E-state index in [2.05, 4.69) is 44.3 Å². The molecule has 1 aromatic carbocycles. The quantitative estimate of drug-likeness (QED) is 0.821. The molecule has 2 nitrogen and oxygen atoms in total. The molecule has 2 heteroatoms. The summed E-state index contributed by atoms with van der Waals surface area (Å²) >= 11 is 0. The fourth-order valence-electron chi connectivity index (χ4n) is 3.11. The summed E-state index contributed by atoms with van der Waals surface area (Å²) in [5, 5.41) is 3.63. The molecule has 0 bridgehead atoms. The van der Waals surface area contributed by atoms with Crippen LogP contribution in [0.2, 0.25) is 0 Å². The van der Waals surface area contributed by atoms with Crippen molar-refractivity contribution < 1.29 is 4.74 Å². The van der Waals surface area contributed by atoms with E-state index >= 15 is 0 Å². The number of hydrogen-bond acceptors (Lipinski definition) is 2. The number of aryl methyl sites for hydroxylation is 2. The largest absolute Gasteiger partial charge is 0.381 e. The first-order valence-electron chi connectivity index (χ1n) is 7.53. The van der Waals surface area contributed by atoms with Gasteiger partial charge in [-0.1, -0.05) is 36.2 Å². The topological polar surface area (TPSA) is 21.3 Å². The minimum absolute atomic E-state index is 0.268. The molecule has 1 saturated heterocycles. The van der Waals surface area contributed by atoms with E-state index in [1.165, 1.54) is 23.1 Å². The third kappa shape index (κ3) is 3.58. The lowest BCUT2D eigenvalue weighted by Gasteiger charge is -2.38. The highest BCUT2D eigenvalue weighted by atomic mass is 16.5. The van der Waals surface area contributed by atoms with Crippen molar-refractivity contribution in [3.8, 4) is 0 Å². The predicted octanol–water partition coefficient (Wildman–Crippen LogP) is 3.35. The van der Waals surface area contributed by atoms with Gasteiger partial charge in [0.05, 0.1) is 0 Å². The van der Waals surface area contributed by atoms with Crippen molar-refractivity contribution in [1.29, 1.82) is 0 Å². The van der Waals surface area contributed by atoms with Crippen molar-refractivity contribution in [2.45, 2.75) is 45.4 Å². The van der Waals surface area contributed by atoms with E-state index in [4.69, 9.17) is 4.74 Å². The molecule has 0 unspecified atom stereocenters. The van der Waals surface area contributed by atoms with Crippen molar-refractivity contribution >= 4 is 0 Å². The van der Waals surface area contributed by atoms with Crippen LogP contribution in [0.4, 0.5) is 0 Å².